The number of hydrogen-bond acceptors (Lipinski definition) is 4. The van der Waals surface area contributed by atoms with E-state index in [0.29, 0.717) is 13.0 Å². The highest BCUT2D eigenvalue weighted by molar-refractivity contribution is 7.89. The Kier molecular flexibility index (Phi) is 5.72. The largest absolute Gasteiger partial charge is 0.396 e. The molecule has 0 aliphatic carbocycles. The van der Waals surface area contributed by atoms with Crippen molar-refractivity contribution >= 4 is 10.0 Å². The van der Waals surface area contributed by atoms with Gasteiger partial charge in [0, 0.05) is 19.2 Å². The van der Waals surface area contributed by atoms with Gasteiger partial charge < -0.3 is 10.4 Å². The molecule has 0 rings (SSSR count). The lowest BCUT2D eigenvalue weighted by atomic mass is 9.85. The van der Waals surface area contributed by atoms with E-state index in [4.69, 9.17) is 10.2 Å². The van der Waals surface area contributed by atoms with Crippen LogP contribution in [0.2, 0.25) is 0 Å². The first kappa shape index (κ1) is 14.8. The third-order valence-electron chi connectivity index (χ3n) is 2.24. The molecule has 4 N–H and O–H groups in total. The second-order valence-corrected chi connectivity index (χ2v) is 6.49. The standard InChI is InChI=1S/C9H22N2O3S/c1-9(2,3)8(4-6-12)11-5-7-15(10,13)14/h8,11-12H,4-7H2,1-3H3,(H2,10,13,14). The average molecular weight is 238 g/mol. The molecule has 1 atom stereocenters. The molecule has 0 aliphatic rings. The van der Waals surface area contributed by atoms with E-state index in [9.17, 15) is 8.42 Å². The van der Waals surface area contributed by atoms with E-state index in [2.05, 4.69) is 5.32 Å². The molecule has 5 nitrogen and oxygen atoms in total. The van der Waals surface area contributed by atoms with Gasteiger partial charge in [-0.3, -0.25) is 0 Å². The summed E-state index contributed by atoms with van der Waals surface area (Å²) in [6.45, 7) is 6.52. The van der Waals surface area contributed by atoms with Gasteiger partial charge in [-0.05, 0) is 11.8 Å². The van der Waals surface area contributed by atoms with Crippen LogP contribution in [-0.2, 0) is 10.0 Å². The first-order chi connectivity index (χ1) is 6.67. The first-order valence-electron chi connectivity index (χ1n) is 5.01. The van der Waals surface area contributed by atoms with Crippen molar-refractivity contribution in [3.05, 3.63) is 0 Å². The number of sulfonamides is 1. The van der Waals surface area contributed by atoms with Crippen LogP contribution in [0.5, 0.6) is 0 Å². The maximum absolute atomic E-state index is 10.7. The quantitative estimate of drug-likeness (QED) is 0.590. The Morgan fingerprint density at radius 3 is 2.27 bits per heavy atom. The molecule has 0 amide bonds. The van der Waals surface area contributed by atoms with E-state index in [1.165, 1.54) is 0 Å². The second kappa shape index (κ2) is 5.79. The van der Waals surface area contributed by atoms with Crippen LogP contribution in [0, 0.1) is 5.41 Å². The zero-order valence-corrected chi connectivity index (χ0v) is 10.5. The first-order valence-corrected chi connectivity index (χ1v) is 6.73. The summed E-state index contributed by atoms with van der Waals surface area (Å²) in [7, 11) is -3.41. The lowest BCUT2D eigenvalue weighted by Gasteiger charge is -2.31. The highest BCUT2D eigenvalue weighted by Crippen LogP contribution is 2.21. The number of nitrogens with two attached hydrogens (primary N) is 1. The molecule has 0 aliphatic heterocycles. The van der Waals surface area contributed by atoms with E-state index >= 15 is 0 Å². The third-order valence-corrected chi connectivity index (χ3v) is 3.01. The van der Waals surface area contributed by atoms with Crippen molar-refractivity contribution in [2.75, 3.05) is 18.9 Å². The van der Waals surface area contributed by atoms with Gasteiger partial charge in [0.15, 0.2) is 0 Å². The predicted molar refractivity (Wildman–Crippen MR) is 60.9 cm³/mol. The Labute approximate surface area is 92.1 Å². The number of aliphatic hydroxyl groups excluding tert-OH is 1. The van der Waals surface area contributed by atoms with Gasteiger partial charge in [-0.15, -0.1) is 0 Å². The highest BCUT2D eigenvalue weighted by atomic mass is 32.2. The van der Waals surface area contributed by atoms with Crippen LogP contribution in [0.1, 0.15) is 27.2 Å². The second-order valence-electron chi connectivity index (χ2n) is 4.75. The minimum absolute atomic E-state index is 0.0128. The minimum atomic E-state index is -3.41. The van der Waals surface area contributed by atoms with E-state index < -0.39 is 10.0 Å². The fourth-order valence-electron chi connectivity index (χ4n) is 1.35. The molecule has 1 unspecified atom stereocenters. The molecule has 92 valence electrons. The fourth-order valence-corrected chi connectivity index (χ4v) is 1.75. The summed E-state index contributed by atoms with van der Waals surface area (Å²) in [5.41, 5.74) is -0.0128. The summed E-state index contributed by atoms with van der Waals surface area (Å²) < 4.78 is 21.4. The summed E-state index contributed by atoms with van der Waals surface area (Å²) in [6.07, 6.45) is 0.605. The van der Waals surface area contributed by atoms with Crippen LogP contribution in [0.4, 0.5) is 0 Å². The summed E-state index contributed by atoms with van der Waals surface area (Å²) >= 11 is 0. The summed E-state index contributed by atoms with van der Waals surface area (Å²) in [4.78, 5) is 0. The lowest BCUT2D eigenvalue weighted by Crippen LogP contribution is -2.43. The van der Waals surface area contributed by atoms with Crippen molar-refractivity contribution in [2.24, 2.45) is 10.6 Å². The van der Waals surface area contributed by atoms with Gasteiger partial charge in [0.2, 0.25) is 10.0 Å². The molecule has 0 heterocycles. The molecular weight excluding hydrogens is 216 g/mol. The van der Waals surface area contributed by atoms with E-state index in [1.54, 1.807) is 0 Å². The van der Waals surface area contributed by atoms with Gasteiger partial charge in [-0.25, -0.2) is 13.6 Å². The predicted octanol–water partition coefficient (Wildman–Crippen LogP) is -0.338. The van der Waals surface area contributed by atoms with Gasteiger partial charge >= 0.3 is 0 Å². The van der Waals surface area contributed by atoms with Crippen molar-refractivity contribution < 1.29 is 13.5 Å². The van der Waals surface area contributed by atoms with E-state index in [-0.39, 0.29) is 23.8 Å². The summed E-state index contributed by atoms with van der Waals surface area (Å²) in [6, 6.07) is 0.0873. The van der Waals surface area contributed by atoms with Crippen molar-refractivity contribution in [1.29, 1.82) is 0 Å². The van der Waals surface area contributed by atoms with Crippen LogP contribution in [0.25, 0.3) is 0 Å². The number of aliphatic hydroxyl groups is 1. The van der Waals surface area contributed by atoms with Crippen LogP contribution in [0.3, 0.4) is 0 Å². The van der Waals surface area contributed by atoms with Gasteiger partial charge in [-0.1, -0.05) is 20.8 Å². The molecule has 0 saturated carbocycles. The zero-order chi connectivity index (χ0) is 12.1. The minimum Gasteiger partial charge on any atom is -0.396 e. The third kappa shape index (κ3) is 7.72. The molecule has 0 aromatic heterocycles. The maximum atomic E-state index is 10.7. The lowest BCUT2D eigenvalue weighted by molar-refractivity contribution is 0.200. The van der Waals surface area contributed by atoms with Crippen molar-refractivity contribution in [2.45, 2.75) is 33.2 Å². The molecule has 0 radical (unpaired) electrons. The molecule has 0 bridgehead atoms. The molecule has 0 aromatic rings. The Morgan fingerprint density at radius 1 is 1.40 bits per heavy atom. The van der Waals surface area contributed by atoms with Crippen molar-refractivity contribution in [1.82, 2.24) is 5.32 Å². The van der Waals surface area contributed by atoms with Gasteiger partial charge in [0.25, 0.3) is 0 Å². The van der Waals surface area contributed by atoms with E-state index in [1.807, 2.05) is 20.8 Å². The number of primary sulfonamides is 1. The zero-order valence-electron chi connectivity index (χ0n) is 9.66. The Morgan fingerprint density at radius 2 is 1.93 bits per heavy atom. The summed E-state index contributed by atoms with van der Waals surface area (Å²) in [5, 5.41) is 16.9. The molecule has 0 saturated heterocycles. The fraction of sp³-hybridized carbons (Fsp3) is 1.00. The smallest absolute Gasteiger partial charge is 0.210 e. The normalized spacial score (nSPS) is 15.3. The Hall–Kier alpha value is -0.170. The number of rotatable bonds is 6. The van der Waals surface area contributed by atoms with Crippen LogP contribution < -0.4 is 10.5 Å². The van der Waals surface area contributed by atoms with E-state index in [0.717, 1.165) is 0 Å². The monoisotopic (exact) mass is 238 g/mol. The van der Waals surface area contributed by atoms with Gasteiger partial charge in [0.05, 0.1) is 5.75 Å². The van der Waals surface area contributed by atoms with Crippen LogP contribution >= 0.6 is 0 Å². The highest BCUT2D eigenvalue weighted by Gasteiger charge is 2.23. The molecule has 6 heteroatoms. The molecule has 0 fully saturated rings. The summed E-state index contributed by atoms with van der Waals surface area (Å²) in [5.74, 6) is -0.0784. The van der Waals surface area contributed by atoms with Crippen molar-refractivity contribution in [3.8, 4) is 0 Å². The maximum Gasteiger partial charge on any atom is 0.210 e. The van der Waals surface area contributed by atoms with Gasteiger partial charge in [-0.2, -0.15) is 0 Å². The SMILES string of the molecule is CC(C)(C)C(CCO)NCCS(N)(=O)=O. The molecule has 0 aromatic carbocycles. The Balaban J connectivity index is 4.09. The number of hydrogen-bond donors (Lipinski definition) is 3. The van der Waals surface area contributed by atoms with Crippen LogP contribution in [0.15, 0.2) is 0 Å². The molecule has 0 spiro atoms. The Bertz CT molecular complexity index is 270. The topological polar surface area (TPSA) is 92.4 Å². The average Bonchev–Trinajstić information content (AvgIpc) is 1.98. The van der Waals surface area contributed by atoms with Gasteiger partial charge in [0.1, 0.15) is 0 Å². The molecule has 15 heavy (non-hydrogen) atoms. The molecular formula is C9H22N2O3S. The number of nitrogens with one attached hydrogen (secondary N) is 1. The van der Waals surface area contributed by atoms with Crippen LogP contribution in [-0.4, -0.2) is 38.5 Å². The van der Waals surface area contributed by atoms with Crippen molar-refractivity contribution in [3.63, 3.8) is 0 Å².